The van der Waals surface area contributed by atoms with E-state index in [4.69, 9.17) is 4.42 Å². The second-order valence-corrected chi connectivity index (χ2v) is 8.67. The Balaban J connectivity index is 1.44. The van der Waals surface area contributed by atoms with Gasteiger partial charge < -0.3 is 14.6 Å². The van der Waals surface area contributed by atoms with Crippen molar-refractivity contribution in [2.45, 2.75) is 37.6 Å². The molecule has 0 radical (unpaired) electrons. The fourth-order valence-electron chi connectivity index (χ4n) is 3.12. The van der Waals surface area contributed by atoms with Crippen molar-refractivity contribution in [3.8, 4) is 0 Å². The number of hydrogen-bond donors (Lipinski definition) is 1. The Labute approximate surface area is 172 Å². The van der Waals surface area contributed by atoms with E-state index in [0.29, 0.717) is 24.4 Å². The zero-order valence-corrected chi connectivity index (χ0v) is 17.9. The molecule has 2 heterocycles. The van der Waals surface area contributed by atoms with Gasteiger partial charge >= 0.3 is 0 Å². The number of hydrogen-bond acceptors (Lipinski definition) is 4. The second kappa shape index (κ2) is 8.97. The summed E-state index contributed by atoms with van der Waals surface area (Å²) in [6.45, 7) is 5.39. The predicted molar refractivity (Wildman–Crippen MR) is 110 cm³/mol. The van der Waals surface area contributed by atoms with Crippen LogP contribution in [0.25, 0.3) is 0 Å². The molecule has 1 aromatic heterocycles. The third-order valence-electron chi connectivity index (χ3n) is 4.73. The third-order valence-corrected chi connectivity index (χ3v) is 6.74. The molecular weight excluding hydrogens is 428 g/mol. The number of thioether (sulfide) groups is 1. The number of aryl methyl sites for hydroxylation is 2. The topological polar surface area (TPSA) is 62.6 Å². The van der Waals surface area contributed by atoms with Gasteiger partial charge in [-0.25, -0.2) is 0 Å². The molecule has 3 rings (SSSR count). The summed E-state index contributed by atoms with van der Waals surface area (Å²) >= 11 is 5.09. The van der Waals surface area contributed by atoms with Crippen LogP contribution in [0.3, 0.4) is 0 Å². The van der Waals surface area contributed by atoms with Gasteiger partial charge in [0, 0.05) is 28.5 Å². The number of rotatable bonds is 5. The Morgan fingerprint density at radius 1 is 1.26 bits per heavy atom. The SMILES string of the molecule is Cc1cc(SCC(=O)NC2CCN(C(=O)c3ccoc3)CC2)c(C)cc1Br. The molecule has 144 valence electrons. The molecule has 1 N–H and O–H groups in total. The van der Waals surface area contributed by atoms with Gasteiger partial charge in [-0.3, -0.25) is 9.59 Å². The number of likely N-dealkylation sites (tertiary alicyclic amines) is 1. The number of carbonyl (C=O) groups is 2. The van der Waals surface area contributed by atoms with E-state index < -0.39 is 0 Å². The molecule has 7 heteroatoms. The van der Waals surface area contributed by atoms with Crippen molar-refractivity contribution >= 4 is 39.5 Å². The van der Waals surface area contributed by atoms with Gasteiger partial charge in [0.2, 0.25) is 5.91 Å². The maximum absolute atomic E-state index is 12.3. The lowest BCUT2D eigenvalue weighted by Crippen LogP contribution is -2.46. The fourth-order valence-corrected chi connectivity index (χ4v) is 4.49. The molecule has 0 unspecified atom stereocenters. The first-order valence-electron chi connectivity index (χ1n) is 8.94. The minimum atomic E-state index is -0.00911. The highest BCUT2D eigenvalue weighted by atomic mass is 79.9. The van der Waals surface area contributed by atoms with Crippen LogP contribution in [-0.2, 0) is 4.79 Å². The number of carbonyl (C=O) groups excluding carboxylic acids is 2. The Kier molecular flexibility index (Phi) is 6.65. The van der Waals surface area contributed by atoms with Gasteiger partial charge in [0.15, 0.2) is 0 Å². The van der Waals surface area contributed by atoms with E-state index >= 15 is 0 Å². The normalized spacial score (nSPS) is 15.0. The minimum Gasteiger partial charge on any atom is -0.472 e. The summed E-state index contributed by atoms with van der Waals surface area (Å²) < 4.78 is 6.06. The first-order valence-corrected chi connectivity index (χ1v) is 10.7. The number of amides is 2. The van der Waals surface area contributed by atoms with Crippen LogP contribution in [0.15, 0.2) is 44.5 Å². The first kappa shape index (κ1) is 20.0. The van der Waals surface area contributed by atoms with Crippen LogP contribution in [0.4, 0.5) is 0 Å². The Hall–Kier alpha value is -1.73. The van der Waals surface area contributed by atoms with Gasteiger partial charge in [-0.05, 0) is 56.0 Å². The van der Waals surface area contributed by atoms with Crippen LogP contribution in [-0.4, -0.2) is 41.6 Å². The summed E-state index contributed by atoms with van der Waals surface area (Å²) in [5, 5.41) is 3.10. The molecule has 0 spiro atoms. The van der Waals surface area contributed by atoms with Gasteiger partial charge in [-0.2, -0.15) is 0 Å². The highest BCUT2D eigenvalue weighted by Gasteiger charge is 2.25. The molecule has 1 aliphatic rings. The number of nitrogens with one attached hydrogen (secondary N) is 1. The zero-order valence-electron chi connectivity index (χ0n) is 15.5. The van der Waals surface area contributed by atoms with Crippen molar-refractivity contribution in [3.63, 3.8) is 0 Å². The van der Waals surface area contributed by atoms with Gasteiger partial charge in [0.25, 0.3) is 5.91 Å². The number of halogens is 1. The molecule has 5 nitrogen and oxygen atoms in total. The van der Waals surface area contributed by atoms with Crippen molar-refractivity contribution in [3.05, 3.63) is 51.9 Å². The van der Waals surface area contributed by atoms with E-state index in [1.807, 2.05) is 11.8 Å². The maximum atomic E-state index is 12.3. The summed E-state index contributed by atoms with van der Waals surface area (Å²) in [5.41, 5.74) is 2.91. The van der Waals surface area contributed by atoms with E-state index in [1.54, 1.807) is 17.8 Å². The highest BCUT2D eigenvalue weighted by Crippen LogP contribution is 2.28. The molecular formula is C20H23BrN2O3S. The fraction of sp³-hybridized carbons (Fsp3) is 0.400. The maximum Gasteiger partial charge on any atom is 0.257 e. The molecule has 2 aromatic rings. The number of piperidine rings is 1. The third kappa shape index (κ3) is 5.17. The molecule has 1 fully saturated rings. The lowest BCUT2D eigenvalue weighted by atomic mass is 10.0. The lowest BCUT2D eigenvalue weighted by Gasteiger charge is -2.32. The quantitative estimate of drug-likeness (QED) is 0.694. The summed E-state index contributed by atoms with van der Waals surface area (Å²) in [6, 6.07) is 6.00. The number of benzene rings is 1. The minimum absolute atomic E-state index is 0.00911. The predicted octanol–water partition coefficient (Wildman–Crippen LogP) is 4.17. The number of furan rings is 1. The van der Waals surface area contributed by atoms with E-state index in [9.17, 15) is 9.59 Å². The van der Waals surface area contributed by atoms with Gasteiger partial charge in [-0.15, -0.1) is 11.8 Å². The first-order chi connectivity index (χ1) is 12.9. The highest BCUT2D eigenvalue weighted by molar-refractivity contribution is 9.10. The molecule has 1 saturated heterocycles. The summed E-state index contributed by atoms with van der Waals surface area (Å²) in [5.74, 6) is 0.431. The molecule has 0 bridgehead atoms. The average Bonchev–Trinajstić information content (AvgIpc) is 3.18. The van der Waals surface area contributed by atoms with Crippen LogP contribution in [0.1, 0.15) is 34.3 Å². The largest absolute Gasteiger partial charge is 0.472 e. The van der Waals surface area contributed by atoms with E-state index in [-0.39, 0.29) is 17.9 Å². The molecule has 1 aromatic carbocycles. The van der Waals surface area contributed by atoms with Crippen molar-refractivity contribution in [2.75, 3.05) is 18.8 Å². The molecule has 0 saturated carbocycles. The van der Waals surface area contributed by atoms with Crippen molar-refractivity contribution in [1.82, 2.24) is 10.2 Å². The Bertz CT molecular complexity index is 815. The Morgan fingerprint density at radius 3 is 2.67 bits per heavy atom. The van der Waals surface area contributed by atoms with Crippen molar-refractivity contribution in [2.24, 2.45) is 0 Å². The standard InChI is InChI=1S/C20H23BrN2O3S/c1-13-10-18(14(2)9-17(13)21)27-12-19(24)22-16-3-6-23(7-4-16)20(25)15-5-8-26-11-15/h5,8-11,16H,3-4,6-7,12H2,1-2H3,(H,22,24). The smallest absolute Gasteiger partial charge is 0.257 e. The van der Waals surface area contributed by atoms with Gasteiger partial charge in [0.1, 0.15) is 6.26 Å². The second-order valence-electron chi connectivity index (χ2n) is 6.80. The van der Waals surface area contributed by atoms with Crippen LogP contribution < -0.4 is 5.32 Å². The van der Waals surface area contributed by atoms with Crippen molar-refractivity contribution in [1.29, 1.82) is 0 Å². The molecule has 1 aliphatic heterocycles. The summed E-state index contributed by atoms with van der Waals surface area (Å²) in [6.07, 6.45) is 4.53. The number of nitrogens with zero attached hydrogens (tertiary/aromatic N) is 1. The molecule has 0 aliphatic carbocycles. The van der Waals surface area contributed by atoms with E-state index in [1.165, 1.54) is 12.5 Å². The zero-order chi connectivity index (χ0) is 19.4. The van der Waals surface area contributed by atoms with Crippen LogP contribution in [0, 0.1) is 13.8 Å². The van der Waals surface area contributed by atoms with E-state index in [0.717, 1.165) is 33.3 Å². The van der Waals surface area contributed by atoms with E-state index in [2.05, 4.69) is 40.3 Å². The van der Waals surface area contributed by atoms with Crippen LogP contribution >= 0.6 is 27.7 Å². The Morgan fingerprint density at radius 2 is 2.00 bits per heavy atom. The van der Waals surface area contributed by atoms with Crippen LogP contribution in [0.5, 0.6) is 0 Å². The monoisotopic (exact) mass is 450 g/mol. The molecule has 27 heavy (non-hydrogen) atoms. The van der Waals surface area contributed by atoms with Gasteiger partial charge in [-0.1, -0.05) is 15.9 Å². The van der Waals surface area contributed by atoms with Gasteiger partial charge in [0.05, 0.1) is 17.6 Å². The average molecular weight is 451 g/mol. The molecule has 0 atom stereocenters. The summed E-state index contributed by atoms with van der Waals surface area (Å²) in [4.78, 5) is 27.6. The lowest BCUT2D eigenvalue weighted by molar-refractivity contribution is -0.119. The summed E-state index contributed by atoms with van der Waals surface area (Å²) in [7, 11) is 0. The van der Waals surface area contributed by atoms with Crippen molar-refractivity contribution < 1.29 is 14.0 Å². The molecule has 2 amide bonds. The van der Waals surface area contributed by atoms with Crippen LogP contribution in [0.2, 0.25) is 0 Å².